The Morgan fingerprint density at radius 3 is 2.72 bits per heavy atom. The molecular weight excluding hydrogens is 572 g/mol. The first-order valence-corrected chi connectivity index (χ1v) is 16.4. The SMILES string of the molecule is CC1(C)OC2C(CN(CCCCc3nc4ccc(C(C)(C)C)cc4[nH]3)S(C)(=O)=O)OCC2(n2cnc3c(N)ncnc32)O1. The maximum atomic E-state index is 12.9. The fourth-order valence-electron chi connectivity index (χ4n) is 6.05. The molecule has 6 rings (SSSR count). The van der Waals surface area contributed by atoms with Gasteiger partial charge >= 0.3 is 0 Å². The van der Waals surface area contributed by atoms with E-state index in [2.05, 4.69) is 52.8 Å². The van der Waals surface area contributed by atoms with E-state index in [-0.39, 0.29) is 24.4 Å². The zero-order valence-corrected chi connectivity index (χ0v) is 26.3. The van der Waals surface area contributed by atoms with Crippen LogP contribution in [0.5, 0.6) is 0 Å². The Labute approximate surface area is 251 Å². The monoisotopic (exact) mass is 612 g/mol. The van der Waals surface area contributed by atoms with Crippen LogP contribution in [0, 0.1) is 0 Å². The number of aryl methyl sites for hydroxylation is 1. The van der Waals surface area contributed by atoms with Gasteiger partial charge < -0.3 is 24.9 Å². The molecule has 3 N–H and O–H groups in total. The standard InChI is InChI=1S/C29H40N8O5S/c1-27(2,3)18-10-11-19-20(13-18)35-22(34-19)9-7-8-12-36(43(6,38)39)14-21-24-29(15-40-21,42-28(4,5)41-24)37-17-33-23-25(30)31-16-32-26(23)37/h10-11,13,16-17,21,24H,7-9,12,14-15H2,1-6H3,(H,34,35)(H2,30,31,32). The Morgan fingerprint density at radius 1 is 1.19 bits per heavy atom. The average Bonchev–Trinajstić information content (AvgIpc) is 3.65. The van der Waals surface area contributed by atoms with Gasteiger partial charge in [-0.1, -0.05) is 26.8 Å². The third-order valence-corrected chi connectivity index (χ3v) is 9.48. The molecule has 5 heterocycles. The smallest absolute Gasteiger partial charge is 0.211 e. The Hall–Kier alpha value is -3.17. The molecule has 0 spiro atoms. The molecule has 3 atom stereocenters. The van der Waals surface area contributed by atoms with E-state index < -0.39 is 33.7 Å². The third kappa shape index (κ3) is 5.62. The number of unbranched alkanes of at least 4 members (excludes halogenated alkanes) is 1. The molecule has 1 aromatic carbocycles. The van der Waals surface area contributed by atoms with Crippen LogP contribution in [0.4, 0.5) is 5.82 Å². The molecule has 232 valence electrons. The van der Waals surface area contributed by atoms with Gasteiger partial charge in [-0.05, 0) is 49.8 Å². The molecule has 0 bridgehead atoms. The second kappa shape index (κ2) is 10.5. The predicted molar refractivity (Wildman–Crippen MR) is 162 cm³/mol. The van der Waals surface area contributed by atoms with Gasteiger partial charge in [-0.15, -0.1) is 0 Å². The van der Waals surface area contributed by atoms with E-state index in [1.165, 1.54) is 22.5 Å². The highest BCUT2D eigenvalue weighted by Gasteiger charge is 2.63. The van der Waals surface area contributed by atoms with Gasteiger partial charge in [-0.3, -0.25) is 4.57 Å². The first kappa shape index (κ1) is 29.9. The molecule has 13 nitrogen and oxygen atoms in total. The van der Waals surface area contributed by atoms with Gasteiger partial charge in [0.15, 0.2) is 17.3 Å². The molecule has 2 saturated heterocycles. The number of rotatable bonds is 9. The fraction of sp³-hybridized carbons (Fsp3) is 0.586. The fourth-order valence-corrected chi connectivity index (χ4v) is 6.93. The zero-order valence-electron chi connectivity index (χ0n) is 25.5. The maximum Gasteiger partial charge on any atom is 0.211 e. The predicted octanol–water partition coefficient (Wildman–Crippen LogP) is 3.07. The van der Waals surface area contributed by atoms with Crippen molar-refractivity contribution in [2.45, 2.75) is 83.0 Å². The highest BCUT2D eigenvalue weighted by Crippen LogP contribution is 2.47. The van der Waals surface area contributed by atoms with Gasteiger partial charge in [-0.25, -0.2) is 28.4 Å². The second-order valence-corrected chi connectivity index (χ2v) is 15.0. The summed E-state index contributed by atoms with van der Waals surface area (Å²) in [7, 11) is -3.53. The molecule has 14 heteroatoms. The maximum absolute atomic E-state index is 12.9. The summed E-state index contributed by atoms with van der Waals surface area (Å²) in [6.07, 6.45) is 5.13. The quantitative estimate of drug-likeness (QED) is 0.269. The summed E-state index contributed by atoms with van der Waals surface area (Å²) >= 11 is 0. The van der Waals surface area contributed by atoms with Crippen LogP contribution in [0.2, 0.25) is 0 Å². The number of benzene rings is 1. The van der Waals surface area contributed by atoms with Crippen molar-refractivity contribution in [2.75, 3.05) is 31.7 Å². The lowest BCUT2D eigenvalue weighted by atomic mass is 9.87. The Kier molecular flexibility index (Phi) is 7.28. The van der Waals surface area contributed by atoms with Crippen molar-refractivity contribution in [3.05, 3.63) is 42.2 Å². The number of nitrogens with two attached hydrogens (primary N) is 1. The lowest BCUT2D eigenvalue weighted by Crippen LogP contribution is -2.47. The van der Waals surface area contributed by atoms with Crippen LogP contribution in [0.25, 0.3) is 22.2 Å². The summed E-state index contributed by atoms with van der Waals surface area (Å²) in [5.41, 5.74) is 9.12. The molecule has 0 saturated carbocycles. The zero-order chi connectivity index (χ0) is 30.8. The van der Waals surface area contributed by atoms with E-state index in [1.54, 1.807) is 10.9 Å². The number of fused-ring (bicyclic) bond motifs is 3. The second-order valence-electron chi connectivity index (χ2n) is 13.0. The molecule has 0 radical (unpaired) electrons. The van der Waals surface area contributed by atoms with Crippen LogP contribution in [0.3, 0.4) is 0 Å². The summed E-state index contributed by atoms with van der Waals surface area (Å²) in [6.45, 7) is 10.8. The third-order valence-electron chi connectivity index (χ3n) is 8.21. The molecule has 3 aromatic heterocycles. The largest absolute Gasteiger partial charge is 0.382 e. The van der Waals surface area contributed by atoms with Gasteiger partial charge in [-0.2, -0.15) is 4.31 Å². The topological polar surface area (TPSA) is 163 Å². The number of imidazole rings is 2. The number of nitrogen functional groups attached to an aromatic ring is 1. The molecule has 2 fully saturated rings. The lowest BCUT2D eigenvalue weighted by Gasteiger charge is -2.29. The number of H-pyrrole nitrogens is 1. The average molecular weight is 613 g/mol. The van der Waals surface area contributed by atoms with Crippen molar-refractivity contribution in [3.63, 3.8) is 0 Å². The van der Waals surface area contributed by atoms with Crippen LogP contribution in [0.1, 0.15) is 58.8 Å². The minimum atomic E-state index is -3.53. The van der Waals surface area contributed by atoms with Crippen molar-refractivity contribution < 1.29 is 22.6 Å². The van der Waals surface area contributed by atoms with E-state index in [9.17, 15) is 8.42 Å². The highest BCUT2D eigenvalue weighted by molar-refractivity contribution is 7.88. The van der Waals surface area contributed by atoms with E-state index >= 15 is 0 Å². The summed E-state index contributed by atoms with van der Waals surface area (Å²) in [6, 6.07) is 6.33. The number of nitrogens with zero attached hydrogens (tertiary/aromatic N) is 6. The first-order valence-electron chi connectivity index (χ1n) is 14.5. The first-order chi connectivity index (χ1) is 20.2. The van der Waals surface area contributed by atoms with Gasteiger partial charge in [0.2, 0.25) is 15.7 Å². The molecule has 0 amide bonds. The number of hydrogen-bond donors (Lipinski definition) is 2. The molecule has 2 aliphatic rings. The Balaban J connectivity index is 1.15. The number of ether oxygens (including phenoxy) is 3. The summed E-state index contributed by atoms with van der Waals surface area (Å²) in [5.74, 6) is 0.204. The van der Waals surface area contributed by atoms with Crippen molar-refractivity contribution in [1.82, 2.24) is 33.8 Å². The van der Waals surface area contributed by atoms with E-state index in [1.807, 2.05) is 19.9 Å². The summed E-state index contributed by atoms with van der Waals surface area (Å²) in [4.78, 5) is 21.0. The van der Waals surface area contributed by atoms with Crippen molar-refractivity contribution in [3.8, 4) is 0 Å². The van der Waals surface area contributed by atoms with Gasteiger partial charge in [0.05, 0.1) is 30.2 Å². The number of sulfonamides is 1. The molecular formula is C29H40N8O5S. The molecule has 0 aliphatic carbocycles. The number of anilines is 1. The van der Waals surface area contributed by atoms with Gasteiger partial charge in [0.25, 0.3) is 0 Å². The van der Waals surface area contributed by atoms with Crippen LogP contribution in [-0.4, -0.2) is 86.2 Å². The van der Waals surface area contributed by atoms with Crippen molar-refractivity contribution >= 4 is 38.0 Å². The van der Waals surface area contributed by atoms with Crippen LogP contribution in [0.15, 0.2) is 30.9 Å². The van der Waals surface area contributed by atoms with Gasteiger partial charge in [0.1, 0.15) is 29.9 Å². The number of aromatic amines is 1. The number of aromatic nitrogens is 6. The Bertz CT molecular complexity index is 1760. The summed E-state index contributed by atoms with van der Waals surface area (Å²) < 4.78 is 48.0. The Morgan fingerprint density at radius 2 is 1.98 bits per heavy atom. The molecule has 43 heavy (non-hydrogen) atoms. The van der Waals surface area contributed by atoms with Gasteiger partial charge in [0, 0.05) is 19.5 Å². The van der Waals surface area contributed by atoms with E-state index in [0.717, 1.165) is 23.3 Å². The van der Waals surface area contributed by atoms with Crippen molar-refractivity contribution in [1.29, 1.82) is 0 Å². The van der Waals surface area contributed by atoms with Crippen LogP contribution < -0.4 is 5.73 Å². The van der Waals surface area contributed by atoms with Crippen LogP contribution in [-0.2, 0) is 41.8 Å². The van der Waals surface area contributed by atoms with Crippen molar-refractivity contribution in [2.24, 2.45) is 0 Å². The molecule has 4 aromatic rings. The minimum absolute atomic E-state index is 0.0532. The lowest BCUT2D eigenvalue weighted by molar-refractivity contribution is -0.205. The highest BCUT2D eigenvalue weighted by atomic mass is 32.2. The molecule has 2 aliphatic heterocycles. The summed E-state index contributed by atoms with van der Waals surface area (Å²) in [5, 5.41) is 0. The molecule has 3 unspecified atom stereocenters. The van der Waals surface area contributed by atoms with E-state index in [0.29, 0.717) is 30.6 Å². The normalized spacial score (nSPS) is 24.0. The van der Waals surface area contributed by atoms with E-state index in [4.69, 9.17) is 24.9 Å². The van der Waals surface area contributed by atoms with Crippen LogP contribution >= 0.6 is 0 Å². The minimum Gasteiger partial charge on any atom is -0.382 e. The number of nitrogens with one attached hydrogen (secondary N) is 1. The number of hydrogen-bond acceptors (Lipinski definition) is 10.